The highest BCUT2D eigenvalue weighted by Crippen LogP contribution is 2.21. The summed E-state index contributed by atoms with van der Waals surface area (Å²) in [5, 5.41) is 0. The van der Waals surface area contributed by atoms with Crippen LogP contribution in [0.15, 0.2) is 48.1 Å². The van der Waals surface area contributed by atoms with Crippen LogP contribution in [0.1, 0.15) is 25.3 Å². The van der Waals surface area contributed by atoms with Gasteiger partial charge in [-0.2, -0.15) is 0 Å². The third kappa shape index (κ3) is 2.48. The number of carbonyl (C=O) groups is 1. The Hall–Kier alpha value is -1.63. The number of benzene rings is 1. The molecule has 0 aliphatic heterocycles. The third-order valence-corrected chi connectivity index (χ3v) is 2.95. The fourth-order valence-electron chi connectivity index (χ4n) is 1.91. The molecule has 2 rings (SSSR count). The molecule has 0 fully saturated rings. The zero-order chi connectivity index (χ0) is 11.4. The smallest absolute Gasteiger partial charge is 0.165 e. The fraction of sp³-hybridized carbons (Fsp3) is 0.267. The SMILES string of the molecule is CC1CCC=C(/C=C/c2ccccc2)C1=O. The van der Waals surface area contributed by atoms with Crippen molar-refractivity contribution in [3.8, 4) is 0 Å². The molecule has 0 bridgehead atoms. The van der Waals surface area contributed by atoms with E-state index < -0.39 is 0 Å². The summed E-state index contributed by atoms with van der Waals surface area (Å²) in [5.41, 5.74) is 2.00. The summed E-state index contributed by atoms with van der Waals surface area (Å²) >= 11 is 0. The number of Topliss-reactive ketones (excluding diaryl/α,β-unsaturated/α-hetero) is 1. The number of hydrogen-bond acceptors (Lipinski definition) is 1. The molecule has 1 aliphatic carbocycles. The number of allylic oxidation sites excluding steroid dienone is 3. The molecule has 0 spiro atoms. The zero-order valence-electron chi connectivity index (χ0n) is 9.52. The highest BCUT2D eigenvalue weighted by atomic mass is 16.1. The number of hydrogen-bond donors (Lipinski definition) is 0. The van der Waals surface area contributed by atoms with Crippen molar-refractivity contribution in [1.29, 1.82) is 0 Å². The quantitative estimate of drug-likeness (QED) is 0.731. The minimum absolute atomic E-state index is 0.181. The second-order valence-electron chi connectivity index (χ2n) is 4.25. The van der Waals surface area contributed by atoms with Gasteiger partial charge in [0.15, 0.2) is 5.78 Å². The molecular weight excluding hydrogens is 196 g/mol. The maximum atomic E-state index is 11.8. The van der Waals surface area contributed by atoms with E-state index in [0.29, 0.717) is 0 Å². The van der Waals surface area contributed by atoms with E-state index in [0.717, 1.165) is 24.0 Å². The van der Waals surface area contributed by atoms with Gasteiger partial charge in [-0.25, -0.2) is 0 Å². The molecule has 82 valence electrons. The van der Waals surface area contributed by atoms with E-state index in [4.69, 9.17) is 0 Å². The molecule has 1 aliphatic rings. The Morgan fingerprint density at radius 2 is 1.94 bits per heavy atom. The summed E-state index contributed by atoms with van der Waals surface area (Å²) in [4.78, 5) is 11.8. The Bertz CT molecular complexity index is 426. The van der Waals surface area contributed by atoms with Crippen molar-refractivity contribution in [2.45, 2.75) is 19.8 Å². The molecule has 0 saturated carbocycles. The zero-order valence-corrected chi connectivity index (χ0v) is 9.52. The topological polar surface area (TPSA) is 17.1 Å². The second kappa shape index (κ2) is 4.93. The summed E-state index contributed by atoms with van der Waals surface area (Å²) in [7, 11) is 0. The highest BCUT2D eigenvalue weighted by Gasteiger charge is 2.18. The first-order chi connectivity index (χ1) is 7.77. The van der Waals surface area contributed by atoms with E-state index in [1.165, 1.54) is 0 Å². The predicted molar refractivity (Wildman–Crippen MR) is 67.0 cm³/mol. The van der Waals surface area contributed by atoms with Crippen LogP contribution in [0.4, 0.5) is 0 Å². The average molecular weight is 212 g/mol. The van der Waals surface area contributed by atoms with Crippen molar-refractivity contribution in [1.82, 2.24) is 0 Å². The molecule has 0 heterocycles. The van der Waals surface area contributed by atoms with Crippen molar-refractivity contribution in [3.05, 3.63) is 53.6 Å². The van der Waals surface area contributed by atoms with Gasteiger partial charge in [-0.1, -0.05) is 55.5 Å². The minimum Gasteiger partial charge on any atom is -0.294 e. The first-order valence-electron chi connectivity index (χ1n) is 5.75. The molecule has 0 aromatic heterocycles. The summed E-state index contributed by atoms with van der Waals surface area (Å²) in [6.07, 6.45) is 7.99. The summed E-state index contributed by atoms with van der Waals surface area (Å²) in [5.74, 6) is 0.457. The Kier molecular flexibility index (Phi) is 3.35. The van der Waals surface area contributed by atoms with Crippen LogP contribution < -0.4 is 0 Å². The standard InChI is InChI=1S/C15H16O/c1-12-6-5-9-14(15(12)16)11-10-13-7-3-2-4-8-13/h2-4,7-12H,5-6H2,1H3/b11-10+. The molecule has 1 unspecified atom stereocenters. The maximum Gasteiger partial charge on any atom is 0.165 e. The van der Waals surface area contributed by atoms with E-state index in [-0.39, 0.29) is 11.7 Å². The lowest BCUT2D eigenvalue weighted by atomic mass is 9.88. The lowest BCUT2D eigenvalue weighted by Crippen LogP contribution is -2.16. The van der Waals surface area contributed by atoms with Crippen molar-refractivity contribution in [3.63, 3.8) is 0 Å². The molecule has 0 amide bonds. The lowest BCUT2D eigenvalue weighted by Gasteiger charge is -2.15. The van der Waals surface area contributed by atoms with E-state index >= 15 is 0 Å². The van der Waals surface area contributed by atoms with Crippen LogP contribution in [-0.2, 0) is 4.79 Å². The number of ketones is 1. The van der Waals surface area contributed by atoms with Crippen molar-refractivity contribution >= 4 is 11.9 Å². The van der Waals surface area contributed by atoms with E-state index in [9.17, 15) is 4.79 Å². The first kappa shape index (κ1) is 10.9. The second-order valence-corrected chi connectivity index (χ2v) is 4.25. The van der Waals surface area contributed by atoms with Gasteiger partial charge < -0.3 is 0 Å². The third-order valence-electron chi connectivity index (χ3n) is 2.95. The van der Waals surface area contributed by atoms with Crippen molar-refractivity contribution in [2.75, 3.05) is 0 Å². The van der Waals surface area contributed by atoms with Crippen LogP contribution in [0.3, 0.4) is 0 Å². The predicted octanol–water partition coefficient (Wildman–Crippen LogP) is 3.63. The fourth-order valence-corrected chi connectivity index (χ4v) is 1.91. The van der Waals surface area contributed by atoms with Crippen LogP contribution >= 0.6 is 0 Å². The molecule has 0 saturated heterocycles. The molecule has 16 heavy (non-hydrogen) atoms. The molecule has 1 heteroatoms. The van der Waals surface area contributed by atoms with Gasteiger partial charge >= 0.3 is 0 Å². The first-order valence-corrected chi connectivity index (χ1v) is 5.75. The van der Waals surface area contributed by atoms with E-state index in [1.807, 2.05) is 55.5 Å². The maximum absolute atomic E-state index is 11.8. The van der Waals surface area contributed by atoms with Gasteiger partial charge in [0.05, 0.1) is 0 Å². The van der Waals surface area contributed by atoms with Gasteiger partial charge in [-0.05, 0) is 18.4 Å². The van der Waals surface area contributed by atoms with Crippen LogP contribution in [0.25, 0.3) is 6.08 Å². The minimum atomic E-state index is 0.181. The van der Waals surface area contributed by atoms with Gasteiger partial charge in [0.2, 0.25) is 0 Å². The Morgan fingerprint density at radius 1 is 1.19 bits per heavy atom. The largest absolute Gasteiger partial charge is 0.294 e. The normalized spacial score (nSPS) is 21.2. The molecule has 1 atom stereocenters. The monoisotopic (exact) mass is 212 g/mol. The number of carbonyl (C=O) groups excluding carboxylic acids is 1. The van der Waals surface area contributed by atoms with Gasteiger partial charge in [-0.15, -0.1) is 0 Å². The van der Waals surface area contributed by atoms with Crippen LogP contribution in [0.2, 0.25) is 0 Å². The van der Waals surface area contributed by atoms with Gasteiger partial charge in [0, 0.05) is 11.5 Å². The molecule has 1 aromatic carbocycles. The van der Waals surface area contributed by atoms with Crippen LogP contribution in [0, 0.1) is 5.92 Å². The van der Waals surface area contributed by atoms with Crippen molar-refractivity contribution in [2.24, 2.45) is 5.92 Å². The molecular formula is C15H16O. The lowest BCUT2D eigenvalue weighted by molar-refractivity contribution is -0.118. The van der Waals surface area contributed by atoms with Crippen molar-refractivity contribution < 1.29 is 4.79 Å². The highest BCUT2D eigenvalue weighted by molar-refractivity contribution is 6.01. The van der Waals surface area contributed by atoms with Crippen LogP contribution in [0.5, 0.6) is 0 Å². The molecule has 1 nitrogen and oxygen atoms in total. The summed E-state index contributed by atoms with van der Waals surface area (Å²) in [6.45, 7) is 2.01. The van der Waals surface area contributed by atoms with Crippen LogP contribution in [-0.4, -0.2) is 5.78 Å². The van der Waals surface area contributed by atoms with E-state index in [1.54, 1.807) is 0 Å². The summed E-state index contributed by atoms with van der Waals surface area (Å²) in [6, 6.07) is 10.1. The Labute approximate surface area is 96.5 Å². The molecule has 1 aromatic rings. The van der Waals surface area contributed by atoms with Gasteiger partial charge in [-0.3, -0.25) is 4.79 Å². The summed E-state index contributed by atoms with van der Waals surface area (Å²) < 4.78 is 0. The average Bonchev–Trinajstić information content (AvgIpc) is 2.32. The van der Waals surface area contributed by atoms with E-state index in [2.05, 4.69) is 0 Å². The Morgan fingerprint density at radius 3 is 2.69 bits per heavy atom. The van der Waals surface area contributed by atoms with Gasteiger partial charge in [0.1, 0.15) is 0 Å². The Balaban J connectivity index is 2.13. The molecule has 0 N–H and O–H groups in total. The number of rotatable bonds is 2. The van der Waals surface area contributed by atoms with Gasteiger partial charge in [0.25, 0.3) is 0 Å². The molecule has 0 radical (unpaired) electrons.